The van der Waals surface area contributed by atoms with E-state index < -0.39 is 223 Å². The lowest BCUT2D eigenvalue weighted by Crippen LogP contribution is -2.63. The molecular weight excluding hydrogens is 1620 g/mol. The third-order valence-electron chi connectivity index (χ3n) is 19.7. The molecule has 41 heteroatoms. The van der Waals surface area contributed by atoms with Gasteiger partial charge in [-0.05, 0) is 130 Å². The minimum absolute atomic E-state index is 0.00860. The number of thioether (sulfide) groups is 1. The van der Waals surface area contributed by atoms with Gasteiger partial charge in [-0.15, -0.1) is 0 Å². The lowest BCUT2D eigenvalue weighted by molar-refractivity contribution is -0.143. The minimum Gasteiger partial charge on any atom is -0.508 e. The fraction of sp³-hybridized carbons (Fsp3) is 0.519. The maximum absolute atomic E-state index is 14.6. The molecule has 3 aromatic carbocycles. The number of nitrogens with two attached hydrogens (primary N) is 1. The number of carbonyl (C=O) groups is 16. The number of aromatic hydroxyl groups is 1. The molecule has 2 aromatic heterocycles. The molecule has 3 heterocycles. The highest BCUT2D eigenvalue weighted by Gasteiger charge is 2.41. The number of aromatic amines is 2. The van der Waals surface area contributed by atoms with Crippen LogP contribution in [-0.4, -0.2) is 268 Å². The number of aliphatic hydroxyl groups excluding tert-OH is 2. The number of aliphatic carboxylic acids is 3. The molecule has 0 aliphatic carbocycles. The van der Waals surface area contributed by atoms with Gasteiger partial charge in [-0.25, -0.2) is 4.79 Å². The first kappa shape index (κ1) is 97.8. The van der Waals surface area contributed by atoms with Crippen LogP contribution in [0, 0.1) is 11.8 Å². The first-order valence-corrected chi connectivity index (χ1v) is 41.8. The lowest BCUT2D eigenvalue weighted by atomic mass is 10.00. The van der Waals surface area contributed by atoms with Crippen LogP contribution in [0.25, 0.3) is 21.8 Å². The number of nitrogens with zero attached hydrogens (tertiary/aromatic N) is 1. The van der Waals surface area contributed by atoms with Gasteiger partial charge in [0.05, 0.1) is 24.8 Å². The summed E-state index contributed by atoms with van der Waals surface area (Å²) in [4.78, 5) is 227. The number of H-pyrrole nitrogens is 2. The number of benzene rings is 3. The molecule has 1 aliphatic heterocycles. The van der Waals surface area contributed by atoms with Gasteiger partial charge < -0.3 is 115 Å². The van der Waals surface area contributed by atoms with E-state index in [-0.39, 0.29) is 74.8 Å². The summed E-state index contributed by atoms with van der Waals surface area (Å²) < 4.78 is 0. The third kappa shape index (κ3) is 30.1. The first-order chi connectivity index (χ1) is 56.8. The first-order valence-electron chi connectivity index (χ1n) is 39.1. The number of aliphatic hydroxyl groups is 2. The van der Waals surface area contributed by atoms with Gasteiger partial charge in [0, 0.05) is 77.9 Å². The van der Waals surface area contributed by atoms with Gasteiger partial charge in [0.2, 0.25) is 76.8 Å². The molecule has 0 radical (unpaired) electrons. The van der Waals surface area contributed by atoms with Gasteiger partial charge in [0.25, 0.3) is 0 Å². The normalized spacial score (nSPS) is 16.1. The van der Waals surface area contributed by atoms with Crippen LogP contribution in [0.3, 0.4) is 0 Å². The van der Waals surface area contributed by atoms with Crippen LogP contribution in [0.15, 0.2) is 85.2 Å². The van der Waals surface area contributed by atoms with Gasteiger partial charge in [0.1, 0.15) is 78.3 Å². The zero-order chi connectivity index (χ0) is 88.8. The number of likely N-dealkylation sites (tertiary alicyclic amines) is 1. The number of para-hydroxylation sites is 2. The number of hydrogen-bond donors (Lipinski definition) is 23. The number of carboxylic acids is 3. The smallest absolute Gasteiger partial charge is 0.326 e. The fourth-order valence-electron chi connectivity index (χ4n) is 13.3. The zero-order valence-electron chi connectivity index (χ0n) is 67.5. The summed E-state index contributed by atoms with van der Waals surface area (Å²) in [6, 6.07) is -0.257. The Kier molecular flexibility index (Phi) is 38.9. The molecule has 38 nitrogen and oxygen atoms in total. The molecule has 0 saturated carbocycles. The Labute approximate surface area is 707 Å². The van der Waals surface area contributed by atoms with Crippen LogP contribution in [0.1, 0.15) is 116 Å². The summed E-state index contributed by atoms with van der Waals surface area (Å²) in [5.41, 5.74) is 9.48. The maximum atomic E-state index is 14.6. The predicted molar refractivity (Wildman–Crippen MR) is 447 cm³/mol. The van der Waals surface area contributed by atoms with Gasteiger partial charge in [-0.1, -0.05) is 76.2 Å². The molecule has 6 rings (SSSR count). The van der Waals surface area contributed by atoms with Crippen LogP contribution in [0.5, 0.6) is 5.75 Å². The number of hydrogen-bond acceptors (Lipinski definition) is 23. The van der Waals surface area contributed by atoms with Crippen molar-refractivity contribution in [3.05, 3.63) is 102 Å². The summed E-state index contributed by atoms with van der Waals surface area (Å²) >= 11 is 9.86. The van der Waals surface area contributed by atoms with Crippen LogP contribution >= 0.6 is 37.0 Å². The van der Waals surface area contributed by atoms with Crippen LogP contribution in [-0.2, 0) is 96.0 Å². The summed E-state index contributed by atoms with van der Waals surface area (Å²) in [6.45, 7) is 8.31. The highest BCUT2D eigenvalue weighted by atomic mass is 32.2. The van der Waals surface area contributed by atoms with E-state index in [1.807, 2.05) is 30.3 Å². The highest BCUT2D eigenvalue weighted by molar-refractivity contribution is 7.98. The van der Waals surface area contributed by atoms with Crippen molar-refractivity contribution in [1.82, 2.24) is 78.7 Å². The Bertz CT molecular complexity index is 4430. The lowest BCUT2D eigenvalue weighted by Gasteiger charge is -2.29. The van der Waals surface area contributed by atoms with E-state index in [1.54, 1.807) is 64.5 Å². The second-order valence-corrected chi connectivity index (χ2v) is 31.9. The molecular formula is C79H110N16O22S3. The molecule has 0 bridgehead atoms. The van der Waals surface area contributed by atoms with Crippen molar-refractivity contribution in [2.45, 2.75) is 209 Å². The standard InChI is InChI=1S/C79H110N16O22S3/c1-39(2)29-55(87-69(106)52(22-24-63(100)101)84-67(104)49(80)32-44-34-81-50-15-10-8-13-47(44)50)72(109)85-53(23-25-64(102)103)70(107)92-60(38-119)75(112)93-66(42(6)97)78(115)94-65(41(5)96)77(114)89-57(31-43-18-20-46(98)21-19-43)74(111)88-56(30-40(3)4)73(110)91-59(37-118)68(105)83-36-62(99)95-27-12-17-61(95)76(113)86-54(26-28-120-7)71(108)90-58(79(116)117)33-45-35-82-51-16-11-9-14-48(45)51/h8-11,13-16,18-21,34-35,39-42,49,52-61,65-66,81-82,96-98,118-119H,12,17,22-33,36-38,80H2,1-7H3,(H,83,105)(H,84,104)(H,85,109)(H,86,113)(H,87,106)(H,88,111)(H,89,114)(H,90,108)(H,91,110)(H,92,107)(H,93,112)(H,94,115)(H,100,101)(H,102,103)(H,116,117)/t41-,42-,49+,52+,53+,54+,55+,56+,57+,58+,59+,60+,61+,65+,66+/m1/s1. The average molecular weight is 1730 g/mol. The van der Waals surface area contributed by atoms with Crippen molar-refractivity contribution in [3.8, 4) is 5.75 Å². The van der Waals surface area contributed by atoms with E-state index in [9.17, 15) is 107 Å². The van der Waals surface area contributed by atoms with Crippen molar-refractivity contribution < 1.29 is 107 Å². The van der Waals surface area contributed by atoms with Crippen molar-refractivity contribution in [1.29, 1.82) is 0 Å². The van der Waals surface area contributed by atoms with E-state index in [0.29, 0.717) is 28.9 Å². The number of nitrogens with one attached hydrogen (secondary N) is 14. The zero-order valence-corrected chi connectivity index (χ0v) is 70.1. The van der Waals surface area contributed by atoms with Crippen molar-refractivity contribution in [3.63, 3.8) is 0 Å². The van der Waals surface area contributed by atoms with Gasteiger partial charge in [-0.3, -0.25) is 71.9 Å². The number of carbonyl (C=O) groups excluding carboxylic acids is 13. The minimum atomic E-state index is -2.01. The second kappa shape index (κ2) is 47.7. The van der Waals surface area contributed by atoms with E-state index in [1.165, 1.54) is 40.9 Å². The maximum Gasteiger partial charge on any atom is 0.326 e. The SMILES string of the molecule is CSCC[C@H](NC(=O)[C@@H]1CCCN1C(=O)CNC(=O)[C@H](CS)NC(=O)[C@H](CC(C)C)NC(=O)[C@H](Cc1ccc(O)cc1)NC(=O)[C@@H](NC(=O)[C@@H](NC(=O)[C@H](CS)NC(=O)[C@H](CCC(=O)O)NC(=O)[C@H](CC(C)C)NC(=O)[C@H](CCC(=O)O)NC(=O)[C@@H](N)Cc1c[nH]c2ccccc12)[C@@H](C)O)[C@@H](C)O)C(=O)N[C@@H](Cc1c[nH]c2ccccc12)C(=O)O. The molecule has 15 atom stereocenters. The Balaban J connectivity index is 1.09. The van der Waals surface area contributed by atoms with E-state index in [2.05, 4.69) is 99.0 Å². The quantitative estimate of drug-likeness (QED) is 0.0196. The third-order valence-corrected chi connectivity index (χ3v) is 21.1. The number of thiol groups is 2. The van der Waals surface area contributed by atoms with E-state index in [0.717, 1.165) is 35.7 Å². The largest absolute Gasteiger partial charge is 0.508 e. The summed E-state index contributed by atoms with van der Waals surface area (Å²) in [5, 5.41) is 92.7. The second-order valence-electron chi connectivity index (χ2n) is 30.2. The van der Waals surface area contributed by atoms with Crippen LogP contribution in [0.2, 0.25) is 0 Å². The topological polar surface area (TPSA) is 600 Å². The Morgan fingerprint density at radius 3 is 1.37 bits per heavy atom. The number of phenolic OH excluding ortho intramolecular Hbond substituents is 1. The molecule has 0 unspecified atom stereocenters. The highest BCUT2D eigenvalue weighted by Crippen LogP contribution is 2.24. The van der Waals surface area contributed by atoms with Gasteiger partial charge in [0.15, 0.2) is 0 Å². The molecule has 1 fully saturated rings. The van der Waals surface area contributed by atoms with Crippen molar-refractivity contribution >= 4 is 154 Å². The number of rotatable bonds is 49. The van der Waals surface area contributed by atoms with Gasteiger partial charge in [-0.2, -0.15) is 37.0 Å². The molecule has 1 saturated heterocycles. The average Bonchev–Trinajstić information content (AvgIpc) is 1.62. The van der Waals surface area contributed by atoms with Crippen molar-refractivity contribution in [2.75, 3.05) is 36.6 Å². The summed E-state index contributed by atoms with van der Waals surface area (Å²) in [6.07, 6.45) is -0.941. The summed E-state index contributed by atoms with van der Waals surface area (Å²) in [7, 11) is 0. The molecule has 1 aliphatic rings. The Morgan fingerprint density at radius 2 is 0.892 bits per heavy atom. The van der Waals surface area contributed by atoms with E-state index in [4.69, 9.17) is 5.73 Å². The molecule has 120 heavy (non-hydrogen) atoms. The molecule has 22 N–H and O–H groups in total. The molecule has 5 aromatic rings. The number of fused-ring (bicyclic) bond motifs is 2. The molecule has 13 amide bonds. The van der Waals surface area contributed by atoms with Crippen molar-refractivity contribution in [2.24, 2.45) is 17.6 Å². The molecule has 656 valence electrons. The predicted octanol–water partition coefficient (Wildman–Crippen LogP) is -1.57. The number of amides is 13. The fourth-order valence-corrected chi connectivity index (χ4v) is 14.3. The Hall–Kier alpha value is -11.0. The number of aromatic nitrogens is 2. The van der Waals surface area contributed by atoms with Gasteiger partial charge >= 0.3 is 17.9 Å². The molecule has 0 spiro atoms. The monoisotopic (exact) mass is 1730 g/mol. The van der Waals surface area contributed by atoms with Crippen LogP contribution in [0.4, 0.5) is 0 Å². The number of phenols is 1. The Morgan fingerprint density at radius 1 is 0.483 bits per heavy atom. The number of carboxylic acid groups (broad SMARTS) is 3. The van der Waals surface area contributed by atoms with E-state index >= 15 is 0 Å². The van der Waals surface area contributed by atoms with Crippen LogP contribution < -0.4 is 69.5 Å². The summed E-state index contributed by atoms with van der Waals surface area (Å²) in [5.74, 6) is -18.3.